The lowest BCUT2D eigenvalue weighted by Crippen LogP contribution is -1.99. The van der Waals surface area contributed by atoms with Crippen LogP contribution in [0.2, 0.25) is 0 Å². The largest absolute Gasteiger partial charge is 0.497 e. The fourth-order valence-electron chi connectivity index (χ4n) is 1.57. The summed E-state index contributed by atoms with van der Waals surface area (Å²) >= 11 is 0. The Hall–Kier alpha value is -2.62. The average Bonchev–Trinajstić information content (AvgIpc) is 2.52. The van der Waals surface area contributed by atoms with E-state index in [0.717, 1.165) is 16.9 Å². The summed E-state index contributed by atoms with van der Waals surface area (Å²) in [7, 11) is 1.60. The number of carbonyl (C=O) groups excluding carboxylic acids is 1. The van der Waals surface area contributed by atoms with Gasteiger partial charge in [-0.25, -0.2) is 4.79 Å². The Morgan fingerprint density at radius 3 is 2.45 bits per heavy atom. The van der Waals surface area contributed by atoms with Crippen molar-refractivity contribution in [2.45, 2.75) is 6.61 Å². The van der Waals surface area contributed by atoms with E-state index in [9.17, 15) is 4.79 Å². The van der Waals surface area contributed by atoms with Crippen molar-refractivity contribution in [3.05, 3.63) is 65.7 Å². The molecule has 0 radical (unpaired) electrons. The average molecular weight is 269 g/mol. The molecule has 4 nitrogen and oxygen atoms in total. The van der Waals surface area contributed by atoms with Crippen LogP contribution in [-0.4, -0.2) is 19.4 Å². The second-order valence-electron chi connectivity index (χ2n) is 4.07. The van der Waals surface area contributed by atoms with Gasteiger partial charge in [0.1, 0.15) is 12.4 Å². The van der Waals surface area contributed by atoms with Gasteiger partial charge < -0.3 is 9.47 Å². The van der Waals surface area contributed by atoms with Crippen LogP contribution in [0.15, 0.2) is 59.6 Å². The zero-order valence-electron chi connectivity index (χ0n) is 11.2. The number of benzene rings is 2. The molecule has 2 aromatic rings. The third kappa shape index (κ3) is 4.24. The molecule has 0 unspecified atom stereocenters. The zero-order valence-corrected chi connectivity index (χ0v) is 11.2. The number of methoxy groups -OCH3 is 1. The van der Waals surface area contributed by atoms with Gasteiger partial charge in [-0.1, -0.05) is 30.3 Å². The molecule has 0 atom stereocenters. The van der Waals surface area contributed by atoms with E-state index >= 15 is 0 Å². The number of amides is 1. The first-order chi connectivity index (χ1) is 9.78. The fraction of sp³-hybridized carbons (Fsp3) is 0.125. The molecule has 0 aliphatic carbocycles. The molecule has 0 aromatic heterocycles. The molecule has 4 heteroatoms. The van der Waals surface area contributed by atoms with E-state index < -0.39 is 6.09 Å². The lowest BCUT2D eigenvalue weighted by atomic mass is 10.2. The molecule has 0 saturated heterocycles. The molecule has 1 amide bonds. The van der Waals surface area contributed by atoms with Gasteiger partial charge in [-0.05, 0) is 35.4 Å². The molecular weight excluding hydrogens is 254 g/mol. The Labute approximate surface area is 117 Å². The number of ether oxygens (including phenoxy) is 2. The Morgan fingerprint density at radius 1 is 1.10 bits per heavy atom. The van der Waals surface area contributed by atoms with Gasteiger partial charge in [-0.15, -0.1) is 0 Å². The molecule has 0 heterocycles. The van der Waals surface area contributed by atoms with Crippen molar-refractivity contribution in [1.82, 2.24) is 0 Å². The van der Waals surface area contributed by atoms with E-state index in [2.05, 4.69) is 4.99 Å². The number of nitrogens with zero attached hydrogens (tertiary/aromatic N) is 1. The van der Waals surface area contributed by atoms with E-state index in [1.165, 1.54) is 6.21 Å². The lowest BCUT2D eigenvalue weighted by Gasteiger charge is -2.01. The minimum Gasteiger partial charge on any atom is -0.497 e. The normalized spacial score (nSPS) is 10.4. The smallest absolute Gasteiger partial charge is 0.433 e. The highest BCUT2D eigenvalue weighted by Crippen LogP contribution is 2.10. The van der Waals surface area contributed by atoms with E-state index in [1.807, 2.05) is 42.5 Å². The van der Waals surface area contributed by atoms with E-state index in [0.29, 0.717) is 0 Å². The molecule has 0 aliphatic rings. The summed E-state index contributed by atoms with van der Waals surface area (Å²) in [5, 5.41) is 0. The standard InChI is InChI=1S/C16H15NO3/c1-19-15-9-7-13(8-10-15)11-17-16(18)20-12-14-5-3-2-4-6-14/h2-11H,12H2,1H3. The first-order valence-corrected chi connectivity index (χ1v) is 6.17. The summed E-state index contributed by atoms with van der Waals surface area (Å²) in [5.41, 5.74) is 1.74. The van der Waals surface area contributed by atoms with Crippen LogP contribution < -0.4 is 4.74 Å². The number of aliphatic imine (C=N–C) groups is 1. The predicted octanol–water partition coefficient (Wildman–Crippen LogP) is 3.45. The third-order valence-corrected chi connectivity index (χ3v) is 2.64. The van der Waals surface area contributed by atoms with E-state index in [-0.39, 0.29) is 6.61 Å². The minimum atomic E-state index is -0.607. The first kappa shape index (κ1) is 13.8. The van der Waals surface area contributed by atoms with Crippen molar-refractivity contribution in [2.24, 2.45) is 4.99 Å². The molecule has 0 aliphatic heterocycles. The van der Waals surface area contributed by atoms with Crippen LogP contribution in [0, 0.1) is 0 Å². The van der Waals surface area contributed by atoms with Crippen molar-refractivity contribution >= 4 is 12.3 Å². The summed E-state index contributed by atoms with van der Waals surface area (Å²) in [6.07, 6.45) is 0.858. The number of hydrogen-bond donors (Lipinski definition) is 0. The van der Waals surface area contributed by atoms with Gasteiger partial charge in [0.25, 0.3) is 0 Å². The molecule has 0 spiro atoms. The topological polar surface area (TPSA) is 47.9 Å². The lowest BCUT2D eigenvalue weighted by molar-refractivity contribution is 0.151. The van der Waals surface area contributed by atoms with Crippen LogP contribution in [0.1, 0.15) is 11.1 Å². The van der Waals surface area contributed by atoms with Crippen molar-refractivity contribution in [2.75, 3.05) is 7.11 Å². The van der Waals surface area contributed by atoms with Crippen LogP contribution in [0.25, 0.3) is 0 Å². The Bertz CT molecular complexity index is 576. The van der Waals surface area contributed by atoms with E-state index in [4.69, 9.17) is 9.47 Å². The highest BCUT2D eigenvalue weighted by atomic mass is 16.5. The number of rotatable bonds is 4. The first-order valence-electron chi connectivity index (χ1n) is 6.17. The SMILES string of the molecule is COc1ccc(C=NC(=O)OCc2ccccc2)cc1. The van der Waals surface area contributed by atoms with Crippen LogP contribution in [0.5, 0.6) is 5.75 Å². The second kappa shape index (κ2) is 7.09. The maximum atomic E-state index is 11.5. The summed E-state index contributed by atoms with van der Waals surface area (Å²) in [4.78, 5) is 15.2. The number of carbonyl (C=O) groups is 1. The molecule has 2 aromatic carbocycles. The van der Waals surface area contributed by atoms with Crippen molar-refractivity contribution < 1.29 is 14.3 Å². The van der Waals surface area contributed by atoms with Crippen molar-refractivity contribution in [3.63, 3.8) is 0 Å². The van der Waals surface area contributed by atoms with Crippen LogP contribution >= 0.6 is 0 Å². The van der Waals surface area contributed by atoms with Gasteiger partial charge >= 0.3 is 6.09 Å². The van der Waals surface area contributed by atoms with Gasteiger partial charge in [0.05, 0.1) is 7.11 Å². The molecule has 0 saturated carbocycles. The third-order valence-electron chi connectivity index (χ3n) is 2.64. The molecule has 20 heavy (non-hydrogen) atoms. The summed E-state index contributed by atoms with van der Waals surface area (Å²) in [6, 6.07) is 16.7. The molecular formula is C16H15NO3. The van der Waals surface area contributed by atoms with Crippen molar-refractivity contribution in [1.29, 1.82) is 0 Å². The molecule has 0 N–H and O–H groups in total. The monoisotopic (exact) mass is 269 g/mol. The Morgan fingerprint density at radius 2 is 1.80 bits per heavy atom. The highest BCUT2D eigenvalue weighted by molar-refractivity contribution is 5.88. The molecule has 0 bridgehead atoms. The zero-order chi connectivity index (χ0) is 14.2. The predicted molar refractivity (Wildman–Crippen MR) is 77.2 cm³/mol. The van der Waals surface area contributed by atoms with E-state index in [1.54, 1.807) is 19.2 Å². The molecule has 2 rings (SSSR count). The maximum Gasteiger partial charge on any atom is 0.433 e. The van der Waals surface area contributed by atoms with Crippen LogP contribution in [0.4, 0.5) is 4.79 Å². The van der Waals surface area contributed by atoms with Gasteiger partial charge in [-0.2, -0.15) is 4.99 Å². The van der Waals surface area contributed by atoms with Gasteiger partial charge in [0.2, 0.25) is 0 Å². The quantitative estimate of drug-likeness (QED) is 0.799. The maximum absolute atomic E-state index is 11.5. The van der Waals surface area contributed by atoms with Crippen LogP contribution in [0.3, 0.4) is 0 Å². The summed E-state index contributed by atoms with van der Waals surface area (Å²) < 4.78 is 10.1. The highest BCUT2D eigenvalue weighted by Gasteiger charge is 1.99. The minimum absolute atomic E-state index is 0.222. The van der Waals surface area contributed by atoms with Gasteiger partial charge in [0.15, 0.2) is 0 Å². The van der Waals surface area contributed by atoms with Gasteiger partial charge in [-0.3, -0.25) is 0 Å². The molecule has 102 valence electrons. The Balaban J connectivity index is 1.85. The Kier molecular flexibility index (Phi) is 4.89. The number of hydrogen-bond acceptors (Lipinski definition) is 3. The van der Waals surface area contributed by atoms with Crippen molar-refractivity contribution in [3.8, 4) is 5.75 Å². The van der Waals surface area contributed by atoms with Crippen LogP contribution in [-0.2, 0) is 11.3 Å². The summed E-state index contributed by atoms with van der Waals surface area (Å²) in [6.45, 7) is 0.222. The molecule has 0 fully saturated rings. The van der Waals surface area contributed by atoms with Gasteiger partial charge in [0, 0.05) is 6.21 Å². The fourth-order valence-corrected chi connectivity index (χ4v) is 1.57. The second-order valence-corrected chi connectivity index (χ2v) is 4.07. The summed E-state index contributed by atoms with van der Waals surface area (Å²) in [5.74, 6) is 0.758.